The lowest BCUT2D eigenvalue weighted by molar-refractivity contribution is -0.121. The fraction of sp³-hybridized carbons (Fsp3) is 0.733. The van der Waals surface area contributed by atoms with Gasteiger partial charge in [-0.05, 0) is 17.8 Å². The van der Waals surface area contributed by atoms with Gasteiger partial charge in [-0.2, -0.15) is 10.5 Å². The Morgan fingerprint density at radius 3 is 2.33 bits per heavy atom. The van der Waals surface area contributed by atoms with Crippen molar-refractivity contribution in [2.45, 2.75) is 46.1 Å². The molecule has 1 rings (SSSR count). The summed E-state index contributed by atoms with van der Waals surface area (Å²) < 4.78 is 0. The van der Waals surface area contributed by atoms with Crippen LogP contribution in [0.1, 0.15) is 40.0 Å². The second-order valence-electron chi connectivity index (χ2n) is 6.34. The average molecular weight is 290 g/mol. The summed E-state index contributed by atoms with van der Waals surface area (Å²) in [4.78, 5) is 23.1. The van der Waals surface area contributed by atoms with E-state index >= 15 is 0 Å². The van der Waals surface area contributed by atoms with Crippen LogP contribution in [-0.2, 0) is 9.59 Å². The molecule has 0 aromatic heterocycles. The van der Waals surface area contributed by atoms with E-state index in [1.165, 1.54) is 0 Å². The molecule has 0 aromatic rings. The van der Waals surface area contributed by atoms with E-state index < -0.39 is 0 Å². The van der Waals surface area contributed by atoms with Crippen LogP contribution in [0.3, 0.4) is 0 Å². The smallest absolute Gasteiger partial charge is 0.234 e. The maximum absolute atomic E-state index is 11.7. The third kappa shape index (κ3) is 4.46. The number of carbonyl (C=O) groups excluding carboxylic acids is 2. The molecule has 0 radical (unpaired) electrons. The number of carbonyl (C=O) groups is 2. The lowest BCUT2D eigenvalue weighted by atomic mass is 9.80. The normalized spacial score (nSPS) is 26.4. The molecule has 1 aliphatic carbocycles. The molecular weight excluding hydrogens is 268 g/mol. The first kappa shape index (κ1) is 17.0. The fourth-order valence-electron chi connectivity index (χ4n) is 3.30. The van der Waals surface area contributed by atoms with Gasteiger partial charge in [-0.15, -0.1) is 0 Å². The summed E-state index contributed by atoms with van der Waals surface area (Å²) in [5, 5.41) is 22.8. The number of rotatable bonds is 5. The van der Waals surface area contributed by atoms with Gasteiger partial charge in [0.1, 0.15) is 12.8 Å². The van der Waals surface area contributed by atoms with E-state index in [1.807, 2.05) is 12.1 Å². The summed E-state index contributed by atoms with van der Waals surface area (Å²) in [7, 11) is 0. The van der Waals surface area contributed by atoms with Crippen molar-refractivity contribution in [1.82, 2.24) is 10.6 Å². The zero-order chi connectivity index (χ0) is 16.0. The lowest BCUT2D eigenvalue weighted by Crippen LogP contribution is -2.47. The zero-order valence-corrected chi connectivity index (χ0v) is 12.8. The minimum atomic E-state index is -0.296. The molecule has 0 heterocycles. The Labute approximate surface area is 125 Å². The van der Waals surface area contributed by atoms with Gasteiger partial charge in [-0.25, -0.2) is 0 Å². The first-order valence-electron chi connectivity index (χ1n) is 7.11. The molecule has 0 bridgehead atoms. The Morgan fingerprint density at radius 2 is 1.76 bits per heavy atom. The molecule has 0 saturated heterocycles. The van der Waals surface area contributed by atoms with E-state index in [-0.39, 0.29) is 47.9 Å². The Morgan fingerprint density at radius 1 is 1.19 bits per heavy atom. The van der Waals surface area contributed by atoms with Crippen molar-refractivity contribution in [3.05, 3.63) is 0 Å². The fourth-order valence-corrected chi connectivity index (χ4v) is 3.30. The highest BCUT2D eigenvalue weighted by Crippen LogP contribution is 2.45. The molecule has 21 heavy (non-hydrogen) atoms. The predicted octanol–water partition coefficient (Wildman–Crippen LogP) is 1.10. The van der Waals surface area contributed by atoms with Gasteiger partial charge in [0, 0.05) is 18.5 Å². The van der Waals surface area contributed by atoms with Crippen molar-refractivity contribution in [3.8, 4) is 12.1 Å². The minimum absolute atomic E-state index is 0.0239. The Kier molecular flexibility index (Phi) is 5.72. The van der Waals surface area contributed by atoms with Crippen LogP contribution >= 0.6 is 0 Å². The monoisotopic (exact) mass is 290 g/mol. The van der Waals surface area contributed by atoms with Crippen LogP contribution in [0.2, 0.25) is 0 Å². The topological polar surface area (TPSA) is 106 Å². The van der Waals surface area contributed by atoms with E-state index in [9.17, 15) is 9.59 Å². The molecular formula is C15H22N4O2. The maximum atomic E-state index is 11.7. The van der Waals surface area contributed by atoms with Gasteiger partial charge in [0.15, 0.2) is 0 Å². The van der Waals surface area contributed by atoms with Crippen molar-refractivity contribution < 1.29 is 9.59 Å². The van der Waals surface area contributed by atoms with Gasteiger partial charge in [0.05, 0.1) is 12.1 Å². The Balaban J connectivity index is 2.74. The molecule has 0 spiro atoms. The molecule has 6 nitrogen and oxygen atoms in total. The predicted molar refractivity (Wildman–Crippen MR) is 76.5 cm³/mol. The molecule has 0 aromatic carbocycles. The zero-order valence-electron chi connectivity index (χ0n) is 12.8. The summed E-state index contributed by atoms with van der Waals surface area (Å²) in [6.07, 6.45) is 0.620. The van der Waals surface area contributed by atoms with Crippen LogP contribution < -0.4 is 10.6 Å². The second-order valence-corrected chi connectivity index (χ2v) is 6.34. The van der Waals surface area contributed by atoms with E-state index in [4.69, 9.17) is 10.5 Å². The number of amides is 2. The third-order valence-electron chi connectivity index (χ3n) is 4.22. The minimum Gasteiger partial charge on any atom is -0.355 e. The van der Waals surface area contributed by atoms with Gasteiger partial charge in [0.2, 0.25) is 11.8 Å². The highest BCUT2D eigenvalue weighted by Gasteiger charge is 2.46. The number of hydrogen-bond donors (Lipinski definition) is 2. The standard InChI is InChI=1S/C15H22N4O2/c1-10-8-15(2,3)11(9-18-12(20)4-6-16)14(10)19-13(21)5-7-17/h10-11,14H,4-5,8-9H2,1-3H3,(H,18,20)(H,19,21)/t10-,11-,14+/m1/s1. The molecule has 2 N–H and O–H groups in total. The maximum Gasteiger partial charge on any atom is 0.234 e. The molecule has 1 aliphatic rings. The number of hydrogen-bond acceptors (Lipinski definition) is 4. The van der Waals surface area contributed by atoms with Crippen molar-refractivity contribution in [2.75, 3.05) is 6.54 Å². The van der Waals surface area contributed by atoms with Gasteiger partial charge in [0.25, 0.3) is 0 Å². The third-order valence-corrected chi connectivity index (χ3v) is 4.22. The highest BCUT2D eigenvalue weighted by molar-refractivity contribution is 5.79. The molecule has 6 heteroatoms. The number of nitrogens with one attached hydrogen (secondary N) is 2. The quantitative estimate of drug-likeness (QED) is 0.790. The molecule has 3 atom stereocenters. The van der Waals surface area contributed by atoms with Crippen LogP contribution in [0.25, 0.3) is 0 Å². The van der Waals surface area contributed by atoms with Gasteiger partial charge >= 0.3 is 0 Å². The second kappa shape index (κ2) is 7.08. The summed E-state index contributed by atoms with van der Waals surface area (Å²) in [5.74, 6) is -0.214. The van der Waals surface area contributed by atoms with Crippen LogP contribution in [0, 0.1) is 39.9 Å². The van der Waals surface area contributed by atoms with Crippen molar-refractivity contribution >= 4 is 11.8 Å². The first-order chi connectivity index (χ1) is 9.81. The van der Waals surface area contributed by atoms with E-state index in [1.54, 1.807) is 0 Å². The summed E-state index contributed by atoms with van der Waals surface area (Å²) in [6.45, 7) is 6.72. The number of nitrogens with zero attached hydrogens (tertiary/aromatic N) is 2. The van der Waals surface area contributed by atoms with E-state index in [2.05, 4.69) is 31.4 Å². The summed E-state index contributed by atoms with van der Waals surface area (Å²) >= 11 is 0. The molecule has 0 unspecified atom stereocenters. The van der Waals surface area contributed by atoms with Crippen molar-refractivity contribution in [2.24, 2.45) is 17.3 Å². The van der Waals surface area contributed by atoms with Crippen LogP contribution in [0.15, 0.2) is 0 Å². The summed E-state index contributed by atoms with van der Waals surface area (Å²) in [5.41, 5.74) is -0.0239. The molecule has 1 fully saturated rings. The van der Waals surface area contributed by atoms with Gasteiger partial charge in [-0.1, -0.05) is 20.8 Å². The van der Waals surface area contributed by atoms with E-state index in [0.717, 1.165) is 6.42 Å². The SMILES string of the molecule is C[C@@H]1CC(C)(C)[C@H](CNC(=O)CC#N)[C@H]1NC(=O)CC#N. The molecule has 114 valence electrons. The largest absolute Gasteiger partial charge is 0.355 e. The van der Waals surface area contributed by atoms with Crippen molar-refractivity contribution in [1.29, 1.82) is 10.5 Å². The van der Waals surface area contributed by atoms with Gasteiger partial charge in [-0.3, -0.25) is 9.59 Å². The highest BCUT2D eigenvalue weighted by atomic mass is 16.2. The number of nitriles is 2. The molecule has 2 amide bonds. The first-order valence-corrected chi connectivity index (χ1v) is 7.11. The lowest BCUT2D eigenvalue weighted by Gasteiger charge is -2.31. The van der Waals surface area contributed by atoms with Crippen LogP contribution in [-0.4, -0.2) is 24.4 Å². The van der Waals surface area contributed by atoms with Crippen LogP contribution in [0.5, 0.6) is 0 Å². The molecule has 1 saturated carbocycles. The Bertz CT molecular complexity index is 487. The van der Waals surface area contributed by atoms with Crippen LogP contribution in [0.4, 0.5) is 0 Å². The molecule has 0 aliphatic heterocycles. The van der Waals surface area contributed by atoms with Gasteiger partial charge < -0.3 is 10.6 Å². The summed E-state index contributed by atoms with van der Waals surface area (Å²) in [6, 6.07) is 3.59. The average Bonchev–Trinajstić information content (AvgIpc) is 2.57. The van der Waals surface area contributed by atoms with E-state index in [0.29, 0.717) is 6.54 Å². The van der Waals surface area contributed by atoms with Crippen molar-refractivity contribution in [3.63, 3.8) is 0 Å². The Hall–Kier alpha value is -2.08.